The van der Waals surface area contributed by atoms with E-state index in [0.29, 0.717) is 41.8 Å². The summed E-state index contributed by atoms with van der Waals surface area (Å²) >= 11 is 1.30. The number of nitrogens with one attached hydrogen (secondary N) is 2. The Bertz CT molecular complexity index is 1070. The van der Waals surface area contributed by atoms with Crippen LogP contribution >= 0.6 is 11.8 Å². The molecular formula is C25H31N5O4S. The van der Waals surface area contributed by atoms with Crippen molar-refractivity contribution in [3.8, 4) is 6.07 Å². The highest BCUT2D eigenvalue weighted by Gasteiger charge is 2.27. The van der Waals surface area contributed by atoms with Crippen LogP contribution in [0.25, 0.3) is 0 Å². The average Bonchev–Trinajstić information content (AvgIpc) is 2.87. The monoisotopic (exact) mass is 497 g/mol. The second kappa shape index (κ2) is 14.1. The summed E-state index contributed by atoms with van der Waals surface area (Å²) in [7, 11) is 2.91. The minimum atomic E-state index is -1.42. The van der Waals surface area contributed by atoms with E-state index in [9.17, 15) is 24.8 Å². The molecule has 0 aliphatic carbocycles. The van der Waals surface area contributed by atoms with E-state index in [-0.39, 0.29) is 12.5 Å². The third-order valence-electron chi connectivity index (χ3n) is 5.28. The molecule has 0 heterocycles. The van der Waals surface area contributed by atoms with Gasteiger partial charge in [0.15, 0.2) is 6.10 Å². The van der Waals surface area contributed by atoms with Gasteiger partial charge in [-0.3, -0.25) is 14.4 Å². The number of hydrogen-bond acceptors (Lipinski definition) is 7. The van der Waals surface area contributed by atoms with Gasteiger partial charge in [0.25, 0.3) is 11.8 Å². The quantitative estimate of drug-likeness (QED) is 0.325. The number of likely N-dealkylation sites (N-methyl/N-ethyl adjacent to an activating group) is 2. The van der Waals surface area contributed by atoms with Crippen molar-refractivity contribution in [2.45, 2.75) is 41.2 Å². The Morgan fingerprint density at radius 2 is 1.77 bits per heavy atom. The molecular weight excluding hydrogens is 466 g/mol. The summed E-state index contributed by atoms with van der Waals surface area (Å²) in [5.74, 6) is -1.47. The molecule has 0 saturated heterocycles. The molecule has 2 aromatic carbocycles. The van der Waals surface area contributed by atoms with Gasteiger partial charge in [0.05, 0.1) is 23.7 Å². The second-order valence-electron chi connectivity index (χ2n) is 7.88. The van der Waals surface area contributed by atoms with Gasteiger partial charge in [0, 0.05) is 23.9 Å². The molecule has 2 aromatic rings. The average molecular weight is 498 g/mol. The lowest BCUT2D eigenvalue weighted by Gasteiger charge is -2.25. The number of hydrogen-bond donors (Lipinski definition) is 4. The van der Waals surface area contributed by atoms with Crippen molar-refractivity contribution < 1.29 is 19.5 Å². The number of aliphatic hydroxyl groups excluding tert-OH is 1. The van der Waals surface area contributed by atoms with Crippen LogP contribution in [-0.2, 0) is 9.59 Å². The summed E-state index contributed by atoms with van der Waals surface area (Å²) in [6, 6.07) is 15.4. The van der Waals surface area contributed by atoms with Crippen molar-refractivity contribution in [1.82, 2.24) is 15.5 Å². The van der Waals surface area contributed by atoms with Gasteiger partial charge < -0.3 is 26.4 Å². The van der Waals surface area contributed by atoms with E-state index in [1.165, 1.54) is 30.8 Å². The molecule has 0 aliphatic rings. The Labute approximate surface area is 209 Å². The largest absolute Gasteiger partial charge is 0.381 e. The number of amides is 3. The minimum absolute atomic E-state index is 0.263. The summed E-state index contributed by atoms with van der Waals surface area (Å²) in [5.41, 5.74) is 6.42. The van der Waals surface area contributed by atoms with E-state index in [0.717, 1.165) is 4.90 Å². The summed E-state index contributed by atoms with van der Waals surface area (Å²) < 4.78 is 0. The number of rotatable bonds is 12. The molecule has 0 radical (unpaired) electrons. The van der Waals surface area contributed by atoms with Gasteiger partial charge in [-0.2, -0.15) is 5.26 Å². The number of nitrogens with zero attached hydrogens (tertiary/aromatic N) is 2. The van der Waals surface area contributed by atoms with E-state index >= 15 is 0 Å². The normalized spacial score (nSPS) is 12.2. The first-order valence-electron chi connectivity index (χ1n) is 11.2. The van der Waals surface area contributed by atoms with E-state index in [4.69, 9.17) is 5.73 Å². The molecule has 2 atom stereocenters. The van der Waals surface area contributed by atoms with Crippen LogP contribution in [0.15, 0.2) is 58.3 Å². The van der Waals surface area contributed by atoms with Crippen molar-refractivity contribution in [3.63, 3.8) is 0 Å². The summed E-state index contributed by atoms with van der Waals surface area (Å²) in [4.78, 5) is 40.4. The van der Waals surface area contributed by atoms with Gasteiger partial charge in [0.2, 0.25) is 5.91 Å². The van der Waals surface area contributed by atoms with Gasteiger partial charge in [-0.1, -0.05) is 42.4 Å². The van der Waals surface area contributed by atoms with E-state index < -0.39 is 24.0 Å². The Kier molecular flexibility index (Phi) is 11.2. The molecule has 2 rings (SSSR count). The van der Waals surface area contributed by atoms with Crippen LogP contribution in [0.4, 0.5) is 0 Å². The standard InChI is InChI=1S/C25H31N5O4S/c1-28-24(33)23(32)19(11-7-8-14-26)29-22(31)16-30(2)25(34)18-10-4-6-13-21(18)35-20-12-5-3-9-17(20)15-27/h3-6,9-10,12-13,19,23,32H,7-8,11,14,16,26H2,1-2H3,(H,28,33)(H,29,31). The fraction of sp³-hybridized carbons (Fsp3) is 0.360. The number of carbonyl (C=O) groups is 3. The molecule has 186 valence electrons. The number of unbranched alkanes of at least 4 members (excludes halogenated alkanes) is 1. The van der Waals surface area contributed by atoms with Crippen molar-refractivity contribution in [3.05, 3.63) is 59.7 Å². The molecule has 5 N–H and O–H groups in total. The van der Waals surface area contributed by atoms with Crippen LogP contribution < -0.4 is 16.4 Å². The first kappa shape index (κ1) is 27.9. The van der Waals surface area contributed by atoms with Crippen molar-refractivity contribution >= 4 is 29.5 Å². The van der Waals surface area contributed by atoms with Crippen LogP contribution in [-0.4, -0.2) is 67.1 Å². The molecule has 0 saturated carbocycles. The molecule has 10 heteroatoms. The van der Waals surface area contributed by atoms with E-state index in [1.54, 1.807) is 36.4 Å². The second-order valence-corrected chi connectivity index (χ2v) is 8.97. The lowest BCUT2D eigenvalue weighted by molar-refractivity contribution is -0.132. The highest BCUT2D eigenvalue weighted by molar-refractivity contribution is 7.99. The zero-order chi connectivity index (χ0) is 25.8. The number of benzene rings is 2. The first-order chi connectivity index (χ1) is 16.8. The minimum Gasteiger partial charge on any atom is -0.381 e. The van der Waals surface area contributed by atoms with Crippen LogP contribution in [0.2, 0.25) is 0 Å². The Balaban J connectivity index is 2.11. The molecule has 0 aliphatic heterocycles. The van der Waals surface area contributed by atoms with Gasteiger partial charge in [0.1, 0.15) is 6.07 Å². The summed E-state index contributed by atoms with van der Waals surface area (Å²) in [6.07, 6.45) is 0.265. The zero-order valence-electron chi connectivity index (χ0n) is 19.9. The first-order valence-corrected chi connectivity index (χ1v) is 12.0. The molecule has 0 bridgehead atoms. The predicted octanol–water partition coefficient (Wildman–Crippen LogP) is 1.50. The van der Waals surface area contributed by atoms with Crippen molar-refractivity contribution in [1.29, 1.82) is 5.26 Å². The fourth-order valence-corrected chi connectivity index (χ4v) is 4.41. The predicted molar refractivity (Wildman–Crippen MR) is 134 cm³/mol. The number of nitriles is 1. The molecule has 0 fully saturated rings. The highest BCUT2D eigenvalue weighted by atomic mass is 32.2. The van der Waals surface area contributed by atoms with Gasteiger partial charge in [-0.15, -0.1) is 0 Å². The maximum absolute atomic E-state index is 13.2. The SMILES string of the molecule is CNC(=O)C(O)C(CCCCN)NC(=O)CN(C)C(=O)c1ccccc1Sc1ccccc1C#N. The smallest absolute Gasteiger partial charge is 0.255 e. The topological polar surface area (TPSA) is 149 Å². The lowest BCUT2D eigenvalue weighted by atomic mass is 10.0. The molecule has 0 spiro atoms. The van der Waals surface area contributed by atoms with Crippen molar-refractivity contribution in [2.75, 3.05) is 27.2 Å². The fourth-order valence-electron chi connectivity index (χ4n) is 3.39. The summed E-state index contributed by atoms with van der Waals surface area (Å²) in [5, 5.41) is 24.7. The van der Waals surface area contributed by atoms with Gasteiger partial charge in [-0.25, -0.2) is 0 Å². The van der Waals surface area contributed by atoms with Crippen LogP contribution in [0.1, 0.15) is 35.2 Å². The molecule has 9 nitrogen and oxygen atoms in total. The molecule has 3 amide bonds. The van der Waals surface area contributed by atoms with E-state index in [2.05, 4.69) is 16.7 Å². The molecule has 2 unspecified atom stereocenters. The van der Waals surface area contributed by atoms with Crippen LogP contribution in [0.5, 0.6) is 0 Å². The maximum atomic E-state index is 13.2. The third-order valence-corrected chi connectivity index (χ3v) is 6.44. The zero-order valence-corrected chi connectivity index (χ0v) is 20.7. The summed E-state index contributed by atoms with van der Waals surface area (Å²) in [6.45, 7) is 0.199. The maximum Gasteiger partial charge on any atom is 0.255 e. The van der Waals surface area contributed by atoms with Gasteiger partial charge in [-0.05, 0) is 43.7 Å². The lowest BCUT2D eigenvalue weighted by Crippen LogP contribution is -2.52. The third kappa shape index (κ3) is 8.10. The highest BCUT2D eigenvalue weighted by Crippen LogP contribution is 2.33. The van der Waals surface area contributed by atoms with Crippen LogP contribution in [0, 0.1) is 11.3 Å². The number of aliphatic hydroxyl groups is 1. The van der Waals surface area contributed by atoms with Gasteiger partial charge >= 0.3 is 0 Å². The molecule has 35 heavy (non-hydrogen) atoms. The Hall–Kier alpha value is -3.39. The number of carbonyl (C=O) groups excluding carboxylic acids is 3. The van der Waals surface area contributed by atoms with Crippen LogP contribution in [0.3, 0.4) is 0 Å². The Morgan fingerprint density at radius 1 is 1.11 bits per heavy atom. The number of nitrogens with two attached hydrogens (primary N) is 1. The van der Waals surface area contributed by atoms with E-state index in [1.807, 2.05) is 12.1 Å². The molecule has 0 aromatic heterocycles. The van der Waals surface area contributed by atoms with Crippen molar-refractivity contribution in [2.24, 2.45) is 5.73 Å². The Morgan fingerprint density at radius 3 is 2.43 bits per heavy atom.